The molecule has 32 heavy (non-hydrogen) atoms. The standard InChI is InChI=1S/C24H22FN5O2/c25-21-11-19(7-8-20(21)12-26)16-1-3-17(4-2-16)22-27-28-24(32)30(22)14-15-9-10-29(13-15)23(31)18-5-6-18/h1-4,7-8,11,15,18H,5-6,9-10,13-14H2,(H,28,32)/t15-/m1/s1. The average Bonchev–Trinajstić information content (AvgIpc) is 3.46. The highest BCUT2D eigenvalue weighted by Crippen LogP contribution is 2.33. The van der Waals surface area contributed by atoms with E-state index in [0.29, 0.717) is 24.5 Å². The van der Waals surface area contributed by atoms with Gasteiger partial charge >= 0.3 is 5.69 Å². The van der Waals surface area contributed by atoms with E-state index in [1.54, 1.807) is 10.6 Å². The van der Waals surface area contributed by atoms with Crippen LogP contribution in [0.15, 0.2) is 47.3 Å². The van der Waals surface area contributed by atoms with Crippen LogP contribution in [0.5, 0.6) is 0 Å². The van der Waals surface area contributed by atoms with Crippen molar-refractivity contribution in [3.8, 4) is 28.6 Å². The van der Waals surface area contributed by atoms with Gasteiger partial charge in [0.2, 0.25) is 5.91 Å². The summed E-state index contributed by atoms with van der Waals surface area (Å²) >= 11 is 0. The number of amides is 1. The summed E-state index contributed by atoms with van der Waals surface area (Å²) in [5.74, 6) is 0.666. The summed E-state index contributed by atoms with van der Waals surface area (Å²) in [6.45, 7) is 1.93. The molecule has 2 fully saturated rings. The van der Waals surface area contributed by atoms with Crippen LogP contribution in [0.4, 0.5) is 4.39 Å². The van der Waals surface area contributed by atoms with Crippen molar-refractivity contribution in [3.63, 3.8) is 0 Å². The van der Waals surface area contributed by atoms with E-state index in [2.05, 4.69) is 10.2 Å². The van der Waals surface area contributed by atoms with Crippen molar-refractivity contribution in [2.45, 2.75) is 25.8 Å². The number of nitrogens with one attached hydrogen (secondary N) is 1. The number of hydrogen-bond donors (Lipinski definition) is 1. The third-order valence-corrected chi connectivity index (χ3v) is 6.29. The molecule has 1 atom stereocenters. The van der Waals surface area contributed by atoms with E-state index in [9.17, 15) is 14.0 Å². The number of rotatable bonds is 5. The number of carbonyl (C=O) groups is 1. The molecule has 1 N–H and O–H groups in total. The Morgan fingerprint density at radius 2 is 1.84 bits per heavy atom. The second kappa shape index (κ2) is 8.08. The van der Waals surface area contributed by atoms with Gasteiger partial charge in [-0.05, 0) is 48.4 Å². The zero-order valence-electron chi connectivity index (χ0n) is 17.4. The van der Waals surface area contributed by atoms with Gasteiger partial charge in [0.05, 0.1) is 5.56 Å². The maximum atomic E-state index is 14.0. The zero-order valence-corrected chi connectivity index (χ0v) is 17.4. The van der Waals surface area contributed by atoms with Crippen molar-refractivity contribution >= 4 is 5.91 Å². The van der Waals surface area contributed by atoms with E-state index < -0.39 is 5.82 Å². The van der Waals surface area contributed by atoms with Crippen molar-refractivity contribution in [1.29, 1.82) is 5.26 Å². The highest BCUT2D eigenvalue weighted by molar-refractivity contribution is 5.81. The molecule has 8 heteroatoms. The molecule has 2 aliphatic rings. The molecule has 1 saturated carbocycles. The molecular weight excluding hydrogens is 409 g/mol. The maximum absolute atomic E-state index is 14.0. The summed E-state index contributed by atoms with van der Waals surface area (Å²) < 4.78 is 15.6. The van der Waals surface area contributed by atoms with Crippen LogP contribution in [-0.2, 0) is 11.3 Å². The summed E-state index contributed by atoms with van der Waals surface area (Å²) in [6, 6.07) is 13.7. The molecular formula is C24H22FN5O2. The predicted octanol–water partition coefficient (Wildman–Crippen LogP) is 3.17. The van der Waals surface area contributed by atoms with E-state index in [4.69, 9.17) is 5.26 Å². The van der Waals surface area contributed by atoms with Crippen LogP contribution in [0.2, 0.25) is 0 Å². The first kappa shape index (κ1) is 20.2. The summed E-state index contributed by atoms with van der Waals surface area (Å²) in [4.78, 5) is 26.7. The number of nitriles is 1. The molecule has 1 aliphatic carbocycles. The average molecular weight is 431 g/mol. The molecule has 7 nitrogen and oxygen atoms in total. The van der Waals surface area contributed by atoms with E-state index in [0.717, 1.165) is 36.9 Å². The Morgan fingerprint density at radius 3 is 2.53 bits per heavy atom. The SMILES string of the molecule is N#Cc1ccc(-c2ccc(-c3n[nH]c(=O)n3C[C@@H]3CCN(C(=O)C4CC4)C3)cc2)cc1F. The molecule has 2 aromatic carbocycles. The van der Waals surface area contributed by atoms with Gasteiger partial charge in [-0.1, -0.05) is 30.3 Å². The number of aromatic amines is 1. The van der Waals surface area contributed by atoms with Crippen molar-refractivity contribution in [2.75, 3.05) is 13.1 Å². The van der Waals surface area contributed by atoms with E-state index in [1.807, 2.05) is 35.2 Å². The van der Waals surface area contributed by atoms with Gasteiger partial charge in [0.25, 0.3) is 0 Å². The second-order valence-electron chi connectivity index (χ2n) is 8.56. The molecule has 0 unspecified atom stereocenters. The predicted molar refractivity (Wildman–Crippen MR) is 116 cm³/mol. The Bertz CT molecular complexity index is 1270. The van der Waals surface area contributed by atoms with Crippen molar-refractivity contribution < 1.29 is 9.18 Å². The monoisotopic (exact) mass is 431 g/mol. The molecule has 1 aliphatic heterocycles. The number of nitrogens with zero attached hydrogens (tertiary/aromatic N) is 4. The minimum Gasteiger partial charge on any atom is -0.342 e. The summed E-state index contributed by atoms with van der Waals surface area (Å²) in [7, 11) is 0. The van der Waals surface area contributed by atoms with Crippen molar-refractivity contribution in [3.05, 3.63) is 64.3 Å². The van der Waals surface area contributed by atoms with Gasteiger partial charge in [-0.3, -0.25) is 9.36 Å². The number of likely N-dealkylation sites (tertiary alicyclic amines) is 1. The first-order valence-electron chi connectivity index (χ1n) is 10.8. The lowest BCUT2D eigenvalue weighted by molar-refractivity contribution is -0.131. The van der Waals surface area contributed by atoms with Crippen LogP contribution in [-0.4, -0.2) is 38.7 Å². The summed E-state index contributed by atoms with van der Waals surface area (Å²) in [5, 5.41) is 15.6. The molecule has 5 rings (SSSR count). The highest BCUT2D eigenvalue weighted by Gasteiger charge is 2.36. The fraction of sp³-hybridized carbons (Fsp3) is 0.333. The van der Waals surface area contributed by atoms with Crippen molar-refractivity contribution in [2.24, 2.45) is 11.8 Å². The van der Waals surface area contributed by atoms with Crippen LogP contribution in [0, 0.1) is 29.0 Å². The fourth-order valence-corrected chi connectivity index (χ4v) is 4.33. The van der Waals surface area contributed by atoms with Crippen LogP contribution >= 0.6 is 0 Å². The molecule has 1 amide bonds. The number of benzene rings is 2. The van der Waals surface area contributed by atoms with Gasteiger partial charge in [0.15, 0.2) is 5.82 Å². The zero-order chi connectivity index (χ0) is 22.2. The van der Waals surface area contributed by atoms with Crippen LogP contribution in [0.1, 0.15) is 24.8 Å². The van der Waals surface area contributed by atoms with Gasteiger partial charge in [0.1, 0.15) is 11.9 Å². The Hall–Kier alpha value is -3.73. The summed E-state index contributed by atoms with van der Waals surface area (Å²) in [6.07, 6.45) is 2.87. The third-order valence-electron chi connectivity index (χ3n) is 6.29. The number of hydrogen-bond acceptors (Lipinski definition) is 4. The van der Waals surface area contributed by atoms with Gasteiger partial charge in [-0.25, -0.2) is 14.3 Å². The van der Waals surface area contributed by atoms with Gasteiger partial charge < -0.3 is 4.90 Å². The van der Waals surface area contributed by atoms with Gasteiger partial charge in [-0.2, -0.15) is 10.4 Å². The molecule has 0 bridgehead atoms. The Labute approximate surface area is 184 Å². The van der Waals surface area contributed by atoms with Gasteiger partial charge in [0, 0.05) is 31.1 Å². The van der Waals surface area contributed by atoms with Crippen LogP contribution in [0.25, 0.3) is 22.5 Å². The minimum absolute atomic E-state index is 0.00946. The Balaban J connectivity index is 1.34. The molecule has 2 heterocycles. The topological polar surface area (TPSA) is 94.8 Å². The minimum atomic E-state index is -0.555. The van der Waals surface area contributed by atoms with E-state index in [-0.39, 0.29) is 29.0 Å². The molecule has 1 saturated heterocycles. The van der Waals surface area contributed by atoms with E-state index in [1.165, 1.54) is 12.1 Å². The molecule has 1 aromatic heterocycles. The Morgan fingerprint density at radius 1 is 1.12 bits per heavy atom. The highest BCUT2D eigenvalue weighted by atomic mass is 19.1. The third kappa shape index (κ3) is 3.82. The number of aromatic nitrogens is 3. The fourth-order valence-electron chi connectivity index (χ4n) is 4.33. The number of carbonyl (C=O) groups excluding carboxylic acids is 1. The Kier molecular flexibility index (Phi) is 5.10. The smallest absolute Gasteiger partial charge is 0.342 e. The number of H-pyrrole nitrogens is 1. The van der Waals surface area contributed by atoms with Crippen molar-refractivity contribution in [1.82, 2.24) is 19.7 Å². The molecule has 0 spiro atoms. The molecule has 3 aromatic rings. The largest absolute Gasteiger partial charge is 0.343 e. The van der Waals surface area contributed by atoms with E-state index >= 15 is 0 Å². The maximum Gasteiger partial charge on any atom is 0.343 e. The second-order valence-corrected chi connectivity index (χ2v) is 8.56. The lowest BCUT2D eigenvalue weighted by atomic mass is 10.0. The van der Waals surface area contributed by atoms with Crippen LogP contribution in [0.3, 0.4) is 0 Å². The normalized spacial score (nSPS) is 18.0. The number of halogens is 1. The first-order valence-corrected chi connectivity index (χ1v) is 10.8. The lowest BCUT2D eigenvalue weighted by Gasteiger charge is -2.16. The van der Waals surface area contributed by atoms with Gasteiger partial charge in [-0.15, -0.1) is 0 Å². The lowest BCUT2D eigenvalue weighted by Crippen LogP contribution is -2.31. The molecule has 0 radical (unpaired) electrons. The quantitative estimate of drug-likeness (QED) is 0.671. The van der Waals surface area contributed by atoms with Crippen LogP contribution < -0.4 is 5.69 Å². The molecule has 162 valence electrons. The first-order chi connectivity index (χ1) is 15.5. The summed E-state index contributed by atoms with van der Waals surface area (Å²) in [5.41, 5.74) is 1.97.